The molecule has 0 aliphatic rings. The second-order valence-corrected chi connectivity index (χ2v) is 4.44. The fourth-order valence-electron chi connectivity index (χ4n) is 1.28. The van der Waals surface area contributed by atoms with Crippen LogP contribution >= 0.6 is 11.3 Å². The number of thiophene rings is 1. The third kappa shape index (κ3) is 2.29. The highest BCUT2D eigenvalue weighted by atomic mass is 32.1. The molecule has 0 aliphatic carbocycles. The lowest BCUT2D eigenvalue weighted by molar-refractivity contribution is -0.123. The molecule has 0 saturated carbocycles. The predicted molar refractivity (Wildman–Crippen MR) is 57.7 cm³/mol. The number of carbonyl (C=O) groups is 2. The van der Waals surface area contributed by atoms with E-state index in [2.05, 4.69) is 0 Å². The summed E-state index contributed by atoms with van der Waals surface area (Å²) in [5, 5.41) is 3.63. The van der Waals surface area contributed by atoms with E-state index in [9.17, 15) is 9.59 Å². The minimum atomic E-state index is -0.510. The summed E-state index contributed by atoms with van der Waals surface area (Å²) in [6.45, 7) is 5.32. The van der Waals surface area contributed by atoms with Crippen LogP contribution in [0.1, 0.15) is 31.1 Å². The van der Waals surface area contributed by atoms with Gasteiger partial charge in [-0.3, -0.25) is 9.59 Å². The second-order valence-electron chi connectivity index (χ2n) is 3.66. The molecule has 1 rings (SSSR count). The van der Waals surface area contributed by atoms with Gasteiger partial charge >= 0.3 is 0 Å². The van der Waals surface area contributed by atoms with Gasteiger partial charge in [-0.2, -0.15) is 11.3 Å². The molecular formula is C11H14O2S. The van der Waals surface area contributed by atoms with Crippen molar-refractivity contribution in [2.45, 2.75) is 20.8 Å². The average molecular weight is 210 g/mol. The van der Waals surface area contributed by atoms with E-state index in [1.54, 1.807) is 18.4 Å². The van der Waals surface area contributed by atoms with Gasteiger partial charge in [-0.25, -0.2) is 0 Å². The number of carbonyl (C=O) groups excluding carboxylic acids is 2. The third-order valence-electron chi connectivity index (χ3n) is 2.19. The van der Waals surface area contributed by atoms with Crippen LogP contribution in [0.3, 0.4) is 0 Å². The summed E-state index contributed by atoms with van der Waals surface area (Å²) in [5.41, 5.74) is 0.650. The topological polar surface area (TPSA) is 34.1 Å². The molecule has 1 aromatic heterocycles. The van der Waals surface area contributed by atoms with Gasteiger partial charge in [-0.15, -0.1) is 0 Å². The maximum Gasteiger partial charge on any atom is 0.173 e. The molecule has 3 heteroatoms. The van der Waals surface area contributed by atoms with Gasteiger partial charge in [0.25, 0.3) is 0 Å². The first-order valence-corrected chi connectivity index (χ1v) is 5.58. The molecule has 0 fully saturated rings. The number of hydrogen-bond donors (Lipinski definition) is 0. The summed E-state index contributed by atoms with van der Waals surface area (Å²) in [7, 11) is 0. The van der Waals surface area contributed by atoms with Crippen molar-refractivity contribution in [1.29, 1.82) is 0 Å². The zero-order chi connectivity index (χ0) is 10.7. The monoisotopic (exact) mass is 210 g/mol. The predicted octanol–water partition coefficient (Wildman–Crippen LogP) is 2.79. The maximum absolute atomic E-state index is 11.7. The number of rotatable bonds is 4. The van der Waals surface area contributed by atoms with Crippen LogP contribution in [0.15, 0.2) is 16.8 Å². The smallest absolute Gasteiger partial charge is 0.173 e. The van der Waals surface area contributed by atoms with E-state index in [0.29, 0.717) is 5.56 Å². The molecule has 0 aromatic carbocycles. The van der Waals surface area contributed by atoms with E-state index in [1.165, 1.54) is 11.3 Å². The minimum Gasteiger partial charge on any atom is -0.299 e. The molecule has 0 N–H and O–H groups in total. The van der Waals surface area contributed by atoms with E-state index in [0.717, 1.165) is 0 Å². The van der Waals surface area contributed by atoms with Crippen LogP contribution in [0.5, 0.6) is 0 Å². The summed E-state index contributed by atoms with van der Waals surface area (Å²) < 4.78 is 0. The number of Topliss-reactive ketones (excluding diaryl/α,β-unsaturated/α-hetero) is 2. The lowest BCUT2D eigenvalue weighted by Gasteiger charge is -2.10. The zero-order valence-corrected chi connectivity index (χ0v) is 9.43. The fourth-order valence-corrected chi connectivity index (χ4v) is 1.93. The van der Waals surface area contributed by atoms with Gasteiger partial charge in [0, 0.05) is 16.9 Å². The molecule has 1 unspecified atom stereocenters. The molecule has 0 bridgehead atoms. The van der Waals surface area contributed by atoms with Crippen molar-refractivity contribution in [3.63, 3.8) is 0 Å². The first-order valence-electron chi connectivity index (χ1n) is 4.64. The molecule has 76 valence electrons. The van der Waals surface area contributed by atoms with E-state index in [4.69, 9.17) is 0 Å². The van der Waals surface area contributed by atoms with Crippen molar-refractivity contribution in [3.05, 3.63) is 22.4 Å². The van der Waals surface area contributed by atoms with E-state index in [-0.39, 0.29) is 17.5 Å². The Morgan fingerprint density at radius 1 is 1.29 bits per heavy atom. The van der Waals surface area contributed by atoms with Crippen LogP contribution < -0.4 is 0 Å². The van der Waals surface area contributed by atoms with Gasteiger partial charge in [-0.05, 0) is 18.4 Å². The summed E-state index contributed by atoms with van der Waals surface area (Å²) in [6.07, 6.45) is 0. The normalized spacial score (nSPS) is 12.9. The standard InChI is InChI=1S/C11H14O2S/c1-7(2)10(12)8(3)11(13)9-4-5-14-6-9/h4-8H,1-3H3. The Balaban J connectivity index is 2.76. The van der Waals surface area contributed by atoms with Gasteiger partial charge < -0.3 is 0 Å². The summed E-state index contributed by atoms with van der Waals surface area (Å²) in [6, 6.07) is 1.76. The zero-order valence-electron chi connectivity index (χ0n) is 8.61. The summed E-state index contributed by atoms with van der Waals surface area (Å²) in [5.74, 6) is -0.636. The Morgan fingerprint density at radius 2 is 1.93 bits per heavy atom. The molecule has 0 saturated heterocycles. The van der Waals surface area contributed by atoms with Gasteiger partial charge in [0.05, 0.1) is 5.92 Å². The van der Waals surface area contributed by atoms with Crippen LogP contribution in [-0.2, 0) is 4.79 Å². The molecule has 0 radical (unpaired) electrons. The van der Waals surface area contributed by atoms with E-state index >= 15 is 0 Å². The third-order valence-corrected chi connectivity index (χ3v) is 2.88. The van der Waals surface area contributed by atoms with Crippen molar-refractivity contribution in [2.24, 2.45) is 11.8 Å². The highest BCUT2D eigenvalue weighted by Crippen LogP contribution is 2.15. The van der Waals surface area contributed by atoms with Crippen molar-refractivity contribution in [3.8, 4) is 0 Å². The SMILES string of the molecule is CC(C)C(=O)C(C)C(=O)c1ccsc1. The summed E-state index contributed by atoms with van der Waals surface area (Å²) >= 11 is 1.47. The summed E-state index contributed by atoms with van der Waals surface area (Å²) in [4.78, 5) is 23.3. The quantitative estimate of drug-likeness (QED) is 0.565. The number of ketones is 2. The Bertz CT molecular complexity index is 325. The maximum atomic E-state index is 11.7. The van der Waals surface area contributed by atoms with Crippen LogP contribution in [0.2, 0.25) is 0 Å². The lowest BCUT2D eigenvalue weighted by atomic mass is 9.91. The van der Waals surface area contributed by atoms with Gasteiger partial charge in [0.1, 0.15) is 5.78 Å². The van der Waals surface area contributed by atoms with Crippen molar-refractivity contribution in [1.82, 2.24) is 0 Å². The van der Waals surface area contributed by atoms with Gasteiger partial charge in [-0.1, -0.05) is 13.8 Å². The Labute approximate surface area is 87.9 Å². The minimum absolute atomic E-state index is 0.0150. The molecule has 14 heavy (non-hydrogen) atoms. The Morgan fingerprint density at radius 3 is 2.36 bits per heavy atom. The fraction of sp³-hybridized carbons (Fsp3) is 0.455. The average Bonchev–Trinajstić information content (AvgIpc) is 2.67. The number of hydrogen-bond acceptors (Lipinski definition) is 3. The van der Waals surface area contributed by atoms with Crippen LogP contribution in [0.4, 0.5) is 0 Å². The highest BCUT2D eigenvalue weighted by Gasteiger charge is 2.24. The molecule has 2 nitrogen and oxygen atoms in total. The molecule has 0 amide bonds. The highest BCUT2D eigenvalue weighted by molar-refractivity contribution is 7.08. The Kier molecular flexibility index (Phi) is 3.58. The Hall–Kier alpha value is -0.960. The largest absolute Gasteiger partial charge is 0.299 e. The first-order chi connectivity index (χ1) is 6.54. The van der Waals surface area contributed by atoms with Crippen LogP contribution in [-0.4, -0.2) is 11.6 Å². The van der Waals surface area contributed by atoms with Gasteiger partial charge in [0.15, 0.2) is 5.78 Å². The van der Waals surface area contributed by atoms with Crippen LogP contribution in [0, 0.1) is 11.8 Å². The molecule has 1 aromatic rings. The molecule has 0 spiro atoms. The van der Waals surface area contributed by atoms with Crippen molar-refractivity contribution >= 4 is 22.9 Å². The van der Waals surface area contributed by atoms with E-state index in [1.807, 2.05) is 19.2 Å². The second kappa shape index (κ2) is 4.51. The molecular weight excluding hydrogens is 196 g/mol. The van der Waals surface area contributed by atoms with Gasteiger partial charge in [0.2, 0.25) is 0 Å². The molecule has 0 aliphatic heterocycles. The molecule has 1 atom stereocenters. The molecule has 1 heterocycles. The van der Waals surface area contributed by atoms with E-state index < -0.39 is 5.92 Å². The van der Waals surface area contributed by atoms with Crippen molar-refractivity contribution in [2.75, 3.05) is 0 Å². The van der Waals surface area contributed by atoms with Crippen molar-refractivity contribution < 1.29 is 9.59 Å². The lowest BCUT2D eigenvalue weighted by Crippen LogP contribution is -2.24. The van der Waals surface area contributed by atoms with Crippen LogP contribution in [0.25, 0.3) is 0 Å². The first kappa shape index (κ1) is 11.1.